The van der Waals surface area contributed by atoms with E-state index in [0.717, 1.165) is 16.8 Å². The van der Waals surface area contributed by atoms with Crippen LogP contribution in [0.1, 0.15) is 36.5 Å². The third-order valence-corrected chi connectivity index (χ3v) is 4.29. The van der Waals surface area contributed by atoms with Crippen molar-refractivity contribution in [2.75, 3.05) is 11.9 Å². The third kappa shape index (κ3) is 6.80. The van der Waals surface area contributed by atoms with Crippen molar-refractivity contribution >= 4 is 35.3 Å². The molecule has 0 spiro atoms. The number of aromatic hydroxyl groups is 1. The third-order valence-electron chi connectivity index (χ3n) is 4.00. The molecule has 0 radical (unpaired) electrons. The van der Waals surface area contributed by atoms with Crippen molar-refractivity contribution in [3.8, 4) is 11.5 Å². The van der Waals surface area contributed by atoms with Gasteiger partial charge in [-0.05, 0) is 55.7 Å². The molecule has 3 N–H and O–H groups in total. The zero-order chi connectivity index (χ0) is 21.4. The van der Waals surface area contributed by atoms with Crippen LogP contribution in [0.4, 0.5) is 5.69 Å². The number of hydrogen-bond donors (Lipinski definition) is 3. The molecule has 29 heavy (non-hydrogen) atoms. The second-order valence-corrected chi connectivity index (χ2v) is 6.85. The van der Waals surface area contributed by atoms with Crippen LogP contribution in [0.2, 0.25) is 5.02 Å². The number of carbonyl (C=O) groups is 2. The molecular formula is C21H24ClN3O4. The number of carbonyl (C=O) groups excluding carboxylic acids is 2. The number of benzene rings is 2. The Labute approximate surface area is 174 Å². The number of phenolic OH excluding ortho intramolecular Hbond substituents is 1. The first-order valence-corrected chi connectivity index (χ1v) is 9.52. The minimum atomic E-state index is -0.396. The van der Waals surface area contributed by atoms with Crippen LogP contribution in [0.25, 0.3) is 0 Å². The highest BCUT2D eigenvalue weighted by atomic mass is 35.5. The van der Waals surface area contributed by atoms with Crippen molar-refractivity contribution in [2.45, 2.75) is 33.6 Å². The highest BCUT2D eigenvalue weighted by Gasteiger charge is 2.10. The Morgan fingerprint density at radius 2 is 1.90 bits per heavy atom. The molecule has 154 valence electrons. The first kappa shape index (κ1) is 22.2. The van der Waals surface area contributed by atoms with Crippen LogP contribution in [-0.4, -0.2) is 29.7 Å². The molecule has 0 heterocycles. The van der Waals surface area contributed by atoms with Crippen LogP contribution in [0, 0.1) is 13.8 Å². The number of amides is 2. The lowest BCUT2D eigenvalue weighted by molar-refractivity contribution is -0.124. The van der Waals surface area contributed by atoms with E-state index in [1.54, 1.807) is 13.0 Å². The molecule has 0 saturated heterocycles. The molecule has 0 aromatic heterocycles. The largest absolute Gasteiger partial charge is 0.503 e. The average molecular weight is 418 g/mol. The fraction of sp³-hybridized carbons (Fsp3) is 0.286. The summed E-state index contributed by atoms with van der Waals surface area (Å²) in [6.45, 7) is 6.00. The van der Waals surface area contributed by atoms with Gasteiger partial charge in [0.25, 0.3) is 0 Å². The predicted octanol–water partition coefficient (Wildman–Crippen LogP) is 3.93. The van der Waals surface area contributed by atoms with Gasteiger partial charge < -0.3 is 15.2 Å². The van der Waals surface area contributed by atoms with Crippen molar-refractivity contribution in [1.29, 1.82) is 0 Å². The lowest BCUT2D eigenvalue weighted by Crippen LogP contribution is -2.21. The Kier molecular flexibility index (Phi) is 8.03. The maximum Gasteiger partial charge on any atom is 0.240 e. The summed E-state index contributed by atoms with van der Waals surface area (Å²) in [6, 6.07) is 8.83. The highest BCUT2D eigenvalue weighted by Crippen LogP contribution is 2.34. The number of aryl methyl sites for hydroxylation is 2. The van der Waals surface area contributed by atoms with Crippen LogP contribution in [0.3, 0.4) is 0 Å². The highest BCUT2D eigenvalue weighted by molar-refractivity contribution is 6.32. The predicted molar refractivity (Wildman–Crippen MR) is 114 cm³/mol. The molecule has 2 aromatic rings. The summed E-state index contributed by atoms with van der Waals surface area (Å²) >= 11 is 5.94. The Balaban J connectivity index is 1.85. The fourth-order valence-corrected chi connectivity index (χ4v) is 2.70. The normalized spacial score (nSPS) is 10.8. The summed E-state index contributed by atoms with van der Waals surface area (Å²) in [5, 5.41) is 16.6. The van der Waals surface area contributed by atoms with Crippen molar-refractivity contribution < 1.29 is 19.4 Å². The van der Waals surface area contributed by atoms with Crippen LogP contribution >= 0.6 is 11.6 Å². The van der Waals surface area contributed by atoms with Gasteiger partial charge >= 0.3 is 0 Å². The second kappa shape index (κ2) is 10.5. The summed E-state index contributed by atoms with van der Waals surface area (Å²) in [4.78, 5) is 24.0. The number of anilines is 1. The van der Waals surface area contributed by atoms with E-state index in [1.165, 1.54) is 12.3 Å². The van der Waals surface area contributed by atoms with Gasteiger partial charge in [0.1, 0.15) is 0 Å². The lowest BCUT2D eigenvalue weighted by Gasteiger charge is -2.09. The van der Waals surface area contributed by atoms with Gasteiger partial charge in [0.15, 0.2) is 11.5 Å². The van der Waals surface area contributed by atoms with Gasteiger partial charge in [0.05, 0.1) is 17.8 Å². The van der Waals surface area contributed by atoms with E-state index in [-0.39, 0.29) is 35.3 Å². The molecule has 0 aliphatic heterocycles. The standard InChI is InChI=1S/C21H24ClN3O4/c1-4-29-18-11-15(10-16(22)21(18)28)12-23-25-20(27)8-7-19(26)24-17-9-13(2)5-6-14(17)3/h5-6,9-12,28H,4,7-8H2,1-3H3,(H,24,26)(H,25,27)/b23-12+. The maximum absolute atomic E-state index is 12.1. The minimum Gasteiger partial charge on any atom is -0.503 e. The number of rotatable bonds is 8. The van der Waals surface area contributed by atoms with Crippen molar-refractivity contribution in [3.63, 3.8) is 0 Å². The number of hydrazone groups is 1. The minimum absolute atomic E-state index is 0.00539. The molecule has 0 fully saturated rings. The number of phenols is 1. The van der Waals surface area contributed by atoms with Gasteiger partial charge in [-0.1, -0.05) is 23.7 Å². The van der Waals surface area contributed by atoms with Crippen molar-refractivity contribution in [2.24, 2.45) is 5.10 Å². The number of hydrogen-bond acceptors (Lipinski definition) is 5. The molecule has 8 heteroatoms. The molecule has 0 atom stereocenters. The summed E-state index contributed by atoms with van der Waals surface area (Å²) in [6.07, 6.45) is 1.41. The van der Waals surface area contributed by atoms with Crippen LogP contribution in [0.5, 0.6) is 11.5 Å². The zero-order valence-electron chi connectivity index (χ0n) is 16.6. The SMILES string of the molecule is CCOc1cc(/C=N/NC(=O)CCC(=O)Nc2cc(C)ccc2C)cc(Cl)c1O. The molecule has 2 amide bonds. The van der Waals surface area contributed by atoms with Gasteiger partial charge in [0, 0.05) is 18.5 Å². The van der Waals surface area contributed by atoms with Gasteiger partial charge in [-0.2, -0.15) is 5.10 Å². The monoisotopic (exact) mass is 417 g/mol. The Hall–Kier alpha value is -3.06. The van der Waals surface area contributed by atoms with Crippen LogP contribution in [0.15, 0.2) is 35.4 Å². The number of nitrogens with one attached hydrogen (secondary N) is 2. The van der Waals surface area contributed by atoms with E-state index in [9.17, 15) is 14.7 Å². The first-order valence-electron chi connectivity index (χ1n) is 9.14. The van der Waals surface area contributed by atoms with E-state index in [4.69, 9.17) is 16.3 Å². The molecule has 0 saturated carbocycles. The topological polar surface area (TPSA) is 100 Å². The van der Waals surface area contributed by atoms with E-state index < -0.39 is 5.91 Å². The van der Waals surface area contributed by atoms with Crippen molar-refractivity contribution in [1.82, 2.24) is 5.43 Å². The first-order chi connectivity index (χ1) is 13.8. The molecule has 0 unspecified atom stereocenters. The summed E-state index contributed by atoms with van der Waals surface area (Å²) in [5.74, 6) is -0.558. The fourth-order valence-electron chi connectivity index (χ4n) is 2.48. The summed E-state index contributed by atoms with van der Waals surface area (Å²) < 4.78 is 5.29. The molecule has 0 bridgehead atoms. The average Bonchev–Trinajstić information content (AvgIpc) is 2.67. The maximum atomic E-state index is 12.1. The zero-order valence-corrected chi connectivity index (χ0v) is 17.3. The quantitative estimate of drug-likeness (QED) is 0.447. The Morgan fingerprint density at radius 1 is 1.17 bits per heavy atom. The summed E-state index contributed by atoms with van der Waals surface area (Å²) in [7, 11) is 0. The lowest BCUT2D eigenvalue weighted by atomic mass is 10.1. The smallest absolute Gasteiger partial charge is 0.240 e. The van der Waals surface area contributed by atoms with E-state index >= 15 is 0 Å². The van der Waals surface area contributed by atoms with E-state index in [0.29, 0.717) is 12.2 Å². The molecule has 2 rings (SSSR count). The van der Waals surface area contributed by atoms with E-state index in [1.807, 2.05) is 32.0 Å². The summed E-state index contributed by atoms with van der Waals surface area (Å²) in [5.41, 5.74) is 5.64. The van der Waals surface area contributed by atoms with Gasteiger partial charge in [0.2, 0.25) is 11.8 Å². The molecular weight excluding hydrogens is 394 g/mol. The van der Waals surface area contributed by atoms with Gasteiger partial charge in [-0.3, -0.25) is 9.59 Å². The van der Waals surface area contributed by atoms with Crippen LogP contribution in [-0.2, 0) is 9.59 Å². The molecule has 2 aromatic carbocycles. The Morgan fingerprint density at radius 3 is 2.62 bits per heavy atom. The van der Waals surface area contributed by atoms with Gasteiger partial charge in [-0.15, -0.1) is 0 Å². The van der Waals surface area contributed by atoms with Gasteiger partial charge in [-0.25, -0.2) is 5.43 Å². The number of ether oxygens (including phenoxy) is 1. The van der Waals surface area contributed by atoms with E-state index in [2.05, 4.69) is 15.8 Å². The molecule has 7 nitrogen and oxygen atoms in total. The Bertz CT molecular complexity index is 928. The second-order valence-electron chi connectivity index (χ2n) is 6.44. The number of nitrogens with zero attached hydrogens (tertiary/aromatic N) is 1. The molecule has 0 aliphatic carbocycles. The number of halogens is 1. The van der Waals surface area contributed by atoms with Crippen LogP contribution < -0.4 is 15.5 Å². The molecule has 0 aliphatic rings. The van der Waals surface area contributed by atoms with Crippen molar-refractivity contribution in [3.05, 3.63) is 52.0 Å².